The van der Waals surface area contributed by atoms with Crippen LogP contribution < -0.4 is 0 Å². The van der Waals surface area contributed by atoms with Gasteiger partial charge in [0.15, 0.2) is 0 Å². The zero-order chi connectivity index (χ0) is 42.7. The van der Waals surface area contributed by atoms with Gasteiger partial charge in [0.05, 0.1) is 0 Å². The zero-order valence-corrected chi connectivity index (χ0v) is 38.1. The average Bonchev–Trinajstić information content (AvgIpc) is 3.06. The number of hydrogen-bond donors (Lipinski definition) is 4. The van der Waals surface area contributed by atoms with Crippen molar-refractivity contribution in [2.24, 2.45) is 0 Å². The molecule has 0 saturated heterocycles. The Morgan fingerprint density at radius 3 is 0.893 bits per heavy atom. The third kappa shape index (κ3) is 8.95. The molecule has 4 heteroatoms. The van der Waals surface area contributed by atoms with E-state index in [0.29, 0.717) is 11.5 Å². The number of rotatable bonds is 9. The molecule has 0 atom stereocenters. The lowest BCUT2D eigenvalue weighted by Gasteiger charge is -2.37. The minimum Gasteiger partial charge on any atom is -0.508 e. The monoisotopic (exact) mass is 763 g/mol. The summed E-state index contributed by atoms with van der Waals surface area (Å²) in [7, 11) is 0. The predicted octanol–water partition coefficient (Wildman–Crippen LogP) is 14.0. The molecule has 0 unspecified atom stereocenters. The highest BCUT2D eigenvalue weighted by molar-refractivity contribution is 5.60. The van der Waals surface area contributed by atoms with Crippen LogP contribution in [0.4, 0.5) is 0 Å². The van der Waals surface area contributed by atoms with Crippen LogP contribution in [0.3, 0.4) is 0 Å². The SMILES string of the molecule is CCC(C)(C)c1ccc(O)c(C(c2cc(C(C)(C)CC)ccc2O)C(c2cc(C(C)(C)C)c(O)c(C(C)(C)C)c2)c2cc(C(C)(C)C)c(O)c(C(C)(C)C)c2)c1. The molecule has 0 amide bonds. The Kier molecular flexibility index (Phi) is 12.1. The van der Waals surface area contributed by atoms with Crippen molar-refractivity contribution in [2.45, 2.75) is 182 Å². The Morgan fingerprint density at radius 1 is 0.393 bits per heavy atom. The molecule has 4 nitrogen and oxygen atoms in total. The number of benzene rings is 4. The Balaban J connectivity index is 2.41. The summed E-state index contributed by atoms with van der Waals surface area (Å²) in [6.45, 7) is 38.9. The van der Waals surface area contributed by atoms with Crippen LogP contribution >= 0.6 is 0 Å². The maximum Gasteiger partial charge on any atom is 0.123 e. The largest absolute Gasteiger partial charge is 0.508 e. The molecule has 0 spiro atoms. The summed E-state index contributed by atoms with van der Waals surface area (Å²) in [5.41, 5.74) is 6.99. The molecule has 4 rings (SSSR count). The van der Waals surface area contributed by atoms with Crippen molar-refractivity contribution in [3.63, 3.8) is 0 Å². The molecule has 0 saturated carbocycles. The second kappa shape index (κ2) is 15.1. The van der Waals surface area contributed by atoms with Crippen LogP contribution in [0, 0.1) is 0 Å². The summed E-state index contributed by atoms with van der Waals surface area (Å²) in [6.07, 6.45) is 1.81. The summed E-state index contributed by atoms with van der Waals surface area (Å²) in [4.78, 5) is 0. The second-order valence-electron chi connectivity index (χ2n) is 21.9. The lowest BCUT2D eigenvalue weighted by Crippen LogP contribution is -2.24. The van der Waals surface area contributed by atoms with E-state index in [1.807, 2.05) is 24.3 Å². The van der Waals surface area contributed by atoms with E-state index >= 15 is 0 Å². The van der Waals surface area contributed by atoms with Crippen LogP contribution in [0.5, 0.6) is 23.0 Å². The van der Waals surface area contributed by atoms with Gasteiger partial charge in [0.25, 0.3) is 0 Å². The van der Waals surface area contributed by atoms with Crippen LogP contribution in [0.1, 0.15) is 205 Å². The van der Waals surface area contributed by atoms with E-state index in [2.05, 4.69) is 161 Å². The number of hydrogen-bond acceptors (Lipinski definition) is 4. The highest BCUT2D eigenvalue weighted by atomic mass is 16.3. The van der Waals surface area contributed by atoms with Gasteiger partial charge in [-0.05, 0) is 102 Å². The smallest absolute Gasteiger partial charge is 0.123 e. The minimum atomic E-state index is -0.578. The van der Waals surface area contributed by atoms with Crippen molar-refractivity contribution in [3.8, 4) is 23.0 Å². The fraction of sp³-hybridized carbons (Fsp3) is 0.538. The summed E-state index contributed by atoms with van der Waals surface area (Å²) >= 11 is 0. The fourth-order valence-corrected chi connectivity index (χ4v) is 7.92. The van der Waals surface area contributed by atoms with Gasteiger partial charge in [-0.1, -0.05) is 173 Å². The Hall–Kier alpha value is -3.92. The summed E-state index contributed by atoms with van der Waals surface area (Å²) in [5, 5.41) is 48.4. The topological polar surface area (TPSA) is 80.9 Å². The Bertz CT molecular complexity index is 1830. The normalized spacial score (nSPS) is 13.6. The fourth-order valence-electron chi connectivity index (χ4n) is 7.92. The molecule has 0 fully saturated rings. The lowest BCUT2D eigenvalue weighted by molar-refractivity contribution is 0.419. The van der Waals surface area contributed by atoms with E-state index in [1.54, 1.807) is 0 Å². The third-order valence-corrected chi connectivity index (χ3v) is 12.6. The maximum absolute atomic E-state index is 12.2. The molecule has 0 aliphatic rings. The molecule has 56 heavy (non-hydrogen) atoms. The zero-order valence-electron chi connectivity index (χ0n) is 38.1. The Morgan fingerprint density at radius 2 is 0.661 bits per heavy atom. The van der Waals surface area contributed by atoms with Gasteiger partial charge in [-0.2, -0.15) is 0 Å². The molecule has 0 heterocycles. The van der Waals surface area contributed by atoms with Crippen molar-refractivity contribution in [1.82, 2.24) is 0 Å². The van der Waals surface area contributed by atoms with Crippen LogP contribution in [0.15, 0.2) is 60.7 Å². The van der Waals surface area contributed by atoms with Gasteiger partial charge in [0, 0.05) is 23.0 Å². The first kappa shape index (κ1) is 44.8. The van der Waals surface area contributed by atoms with E-state index < -0.39 is 33.5 Å². The van der Waals surface area contributed by atoms with E-state index in [4.69, 9.17) is 0 Å². The predicted molar refractivity (Wildman–Crippen MR) is 238 cm³/mol. The molecule has 4 aromatic rings. The van der Waals surface area contributed by atoms with Crippen molar-refractivity contribution >= 4 is 0 Å². The first-order valence-corrected chi connectivity index (χ1v) is 20.8. The van der Waals surface area contributed by atoms with Gasteiger partial charge in [-0.25, -0.2) is 0 Å². The maximum atomic E-state index is 12.2. The highest BCUT2D eigenvalue weighted by Gasteiger charge is 2.39. The molecule has 0 aliphatic carbocycles. The van der Waals surface area contributed by atoms with Gasteiger partial charge >= 0.3 is 0 Å². The first-order valence-electron chi connectivity index (χ1n) is 20.8. The van der Waals surface area contributed by atoms with Crippen molar-refractivity contribution in [3.05, 3.63) is 116 Å². The van der Waals surface area contributed by atoms with E-state index in [9.17, 15) is 20.4 Å². The number of aromatic hydroxyl groups is 4. The lowest BCUT2D eigenvalue weighted by atomic mass is 9.67. The van der Waals surface area contributed by atoms with Crippen LogP contribution in [0.25, 0.3) is 0 Å². The summed E-state index contributed by atoms with van der Waals surface area (Å²) in [5.74, 6) is -0.143. The van der Waals surface area contributed by atoms with Gasteiger partial charge in [-0.15, -0.1) is 0 Å². The molecule has 0 bridgehead atoms. The molecular weight excluding hydrogens is 689 g/mol. The standard InChI is InChI=1S/C52H74O4/c1-19-51(15,16)33-21-23-41(53)35(29-33)44(36-30-34(22-24-42(36)54)52(17,18)20-2)43(31-25-37(47(3,4)5)45(55)38(26-31)48(6,7)8)32-27-39(49(9,10)11)46(56)40(28-32)50(12,13)14/h21-30,43-44,53-56H,19-20H2,1-18H3. The van der Waals surface area contributed by atoms with Crippen LogP contribution in [0.2, 0.25) is 0 Å². The van der Waals surface area contributed by atoms with Gasteiger partial charge < -0.3 is 20.4 Å². The molecule has 0 radical (unpaired) electrons. The number of phenolic OH excluding ortho intramolecular Hbond substituents is 4. The molecule has 4 aromatic carbocycles. The molecule has 0 aliphatic heterocycles. The Labute approximate surface area is 340 Å². The van der Waals surface area contributed by atoms with Crippen LogP contribution in [-0.4, -0.2) is 20.4 Å². The molecule has 306 valence electrons. The van der Waals surface area contributed by atoms with Crippen LogP contribution in [-0.2, 0) is 32.5 Å². The molecule has 0 aromatic heterocycles. The van der Waals surface area contributed by atoms with Crippen molar-refractivity contribution in [2.75, 3.05) is 0 Å². The van der Waals surface area contributed by atoms with E-state index in [-0.39, 0.29) is 22.3 Å². The van der Waals surface area contributed by atoms with Crippen molar-refractivity contribution in [1.29, 1.82) is 0 Å². The summed E-state index contributed by atoms with van der Waals surface area (Å²) in [6, 6.07) is 20.6. The third-order valence-electron chi connectivity index (χ3n) is 12.6. The van der Waals surface area contributed by atoms with E-state index in [0.717, 1.165) is 68.5 Å². The summed E-state index contributed by atoms with van der Waals surface area (Å²) < 4.78 is 0. The van der Waals surface area contributed by atoms with Gasteiger partial charge in [0.1, 0.15) is 23.0 Å². The highest BCUT2D eigenvalue weighted by Crippen LogP contribution is 2.54. The average molecular weight is 763 g/mol. The second-order valence-corrected chi connectivity index (χ2v) is 21.9. The number of phenols is 4. The molecular formula is C52H74O4. The van der Waals surface area contributed by atoms with Gasteiger partial charge in [-0.3, -0.25) is 0 Å². The first-order chi connectivity index (χ1) is 25.4. The van der Waals surface area contributed by atoms with Gasteiger partial charge in [0.2, 0.25) is 0 Å². The molecule has 4 N–H and O–H groups in total. The minimum absolute atomic E-state index is 0.159. The van der Waals surface area contributed by atoms with E-state index in [1.165, 1.54) is 0 Å². The quantitative estimate of drug-likeness (QED) is 0.137. The van der Waals surface area contributed by atoms with Crippen molar-refractivity contribution < 1.29 is 20.4 Å².